The van der Waals surface area contributed by atoms with Crippen molar-refractivity contribution in [1.29, 1.82) is 0 Å². The summed E-state index contributed by atoms with van der Waals surface area (Å²) in [5.74, 6) is -0.842. The van der Waals surface area contributed by atoms with E-state index in [0.717, 1.165) is 6.07 Å². The molecule has 0 aliphatic rings. The van der Waals surface area contributed by atoms with E-state index in [1.54, 1.807) is 0 Å². The van der Waals surface area contributed by atoms with E-state index in [1.165, 1.54) is 24.3 Å². The topological polar surface area (TPSA) is 80.9 Å². The maximum absolute atomic E-state index is 9.59. The number of hydrogen-bond acceptors (Lipinski definition) is 4. The van der Waals surface area contributed by atoms with Crippen LogP contribution in [0.2, 0.25) is 0 Å². The second kappa shape index (κ2) is 3.66. The normalized spacial score (nSPS) is 10.2. The summed E-state index contributed by atoms with van der Waals surface area (Å²) in [6.45, 7) is 0. The summed E-state index contributed by atoms with van der Waals surface area (Å²) in [6, 6.07) is 9.30. The lowest BCUT2D eigenvalue weighted by molar-refractivity contribution is 0.429. The molecule has 81 valence electrons. The smallest absolute Gasteiger partial charge is 0.138 e. The van der Waals surface area contributed by atoms with E-state index in [2.05, 4.69) is 6.07 Å². The zero-order chi connectivity index (χ0) is 11.7. The lowest BCUT2D eigenvalue weighted by Crippen LogP contribution is -1.81. The maximum atomic E-state index is 9.59. The molecule has 16 heavy (non-hydrogen) atoms. The van der Waals surface area contributed by atoms with Crippen molar-refractivity contribution in [2.24, 2.45) is 0 Å². The number of benzene rings is 2. The number of aromatic hydroxyl groups is 4. The van der Waals surface area contributed by atoms with Gasteiger partial charge >= 0.3 is 0 Å². The van der Waals surface area contributed by atoms with Crippen molar-refractivity contribution in [3.05, 3.63) is 36.4 Å². The Morgan fingerprint density at radius 2 is 1.50 bits per heavy atom. The molecule has 0 amide bonds. The molecule has 0 heterocycles. The monoisotopic (exact) mass is 217 g/mol. The Labute approximate surface area is 91.7 Å². The Bertz CT molecular complexity index is 494. The average Bonchev–Trinajstić information content (AvgIpc) is 2.19. The van der Waals surface area contributed by atoms with Gasteiger partial charge in [-0.05, 0) is 17.7 Å². The molecule has 4 heteroatoms. The predicted molar refractivity (Wildman–Crippen MR) is 57.4 cm³/mol. The molecule has 0 atom stereocenters. The highest BCUT2D eigenvalue weighted by Crippen LogP contribution is 2.39. The van der Waals surface area contributed by atoms with Gasteiger partial charge in [0.1, 0.15) is 23.0 Å². The molecule has 1 radical (unpaired) electrons. The van der Waals surface area contributed by atoms with Crippen LogP contribution in [0.5, 0.6) is 23.0 Å². The van der Waals surface area contributed by atoms with E-state index in [9.17, 15) is 10.2 Å². The van der Waals surface area contributed by atoms with Crippen molar-refractivity contribution in [1.82, 2.24) is 0 Å². The molecule has 0 aliphatic heterocycles. The van der Waals surface area contributed by atoms with Gasteiger partial charge in [-0.25, -0.2) is 0 Å². The van der Waals surface area contributed by atoms with Gasteiger partial charge < -0.3 is 20.4 Å². The summed E-state index contributed by atoms with van der Waals surface area (Å²) in [4.78, 5) is 0. The predicted octanol–water partition coefficient (Wildman–Crippen LogP) is 1.98. The van der Waals surface area contributed by atoms with E-state index in [4.69, 9.17) is 10.2 Å². The second-order valence-electron chi connectivity index (χ2n) is 3.31. The molecule has 2 aromatic carbocycles. The van der Waals surface area contributed by atoms with Crippen molar-refractivity contribution in [2.45, 2.75) is 0 Å². The number of hydrogen-bond donors (Lipinski definition) is 4. The van der Waals surface area contributed by atoms with Crippen LogP contribution in [0.4, 0.5) is 0 Å². The van der Waals surface area contributed by atoms with E-state index in [1.807, 2.05) is 0 Å². The minimum atomic E-state index is -0.344. The number of rotatable bonds is 1. The minimum Gasteiger partial charge on any atom is -0.508 e. The molecular formula is C12H9O4. The average molecular weight is 217 g/mol. The second-order valence-corrected chi connectivity index (χ2v) is 3.31. The number of phenolic OH excluding ortho intramolecular Hbond substituents is 4. The van der Waals surface area contributed by atoms with Gasteiger partial charge in [0.25, 0.3) is 0 Å². The minimum absolute atomic E-state index is 0.0884. The van der Waals surface area contributed by atoms with Crippen LogP contribution in [-0.4, -0.2) is 20.4 Å². The maximum Gasteiger partial charge on any atom is 0.138 e. The molecule has 2 rings (SSSR count). The standard InChI is InChI=1S/C12H9O4/c13-8-3-1-7(2-4-8)12-10(15)5-9(14)6-11(12)16/h1-5,13-16H. The molecule has 0 spiro atoms. The fourth-order valence-electron chi connectivity index (χ4n) is 1.46. The Morgan fingerprint density at radius 3 is 2.06 bits per heavy atom. The third-order valence-electron chi connectivity index (χ3n) is 2.17. The molecule has 4 N–H and O–H groups in total. The van der Waals surface area contributed by atoms with Gasteiger partial charge in [0, 0.05) is 6.07 Å². The van der Waals surface area contributed by atoms with Crippen LogP contribution in [0.1, 0.15) is 0 Å². The van der Waals surface area contributed by atoms with E-state index < -0.39 is 0 Å². The summed E-state index contributed by atoms with van der Waals surface area (Å²) in [5.41, 5.74) is 0.682. The Morgan fingerprint density at radius 1 is 0.875 bits per heavy atom. The summed E-state index contributed by atoms with van der Waals surface area (Å²) in [7, 11) is 0. The fraction of sp³-hybridized carbons (Fsp3) is 0. The van der Waals surface area contributed by atoms with Crippen LogP contribution in [0.25, 0.3) is 11.1 Å². The molecular weight excluding hydrogens is 208 g/mol. The quantitative estimate of drug-likeness (QED) is 0.588. The van der Waals surface area contributed by atoms with Gasteiger partial charge in [-0.2, -0.15) is 0 Å². The van der Waals surface area contributed by atoms with Crippen molar-refractivity contribution in [3.63, 3.8) is 0 Å². The lowest BCUT2D eigenvalue weighted by atomic mass is 10.0. The molecule has 0 unspecified atom stereocenters. The molecule has 0 aliphatic carbocycles. The van der Waals surface area contributed by atoms with Gasteiger partial charge in [0.2, 0.25) is 0 Å². The van der Waals surface area contributed by atoms with E-state index >= 15 is 0 Å². The Hall–Kier alpha value is -2.36. The summed E-state index contributed by atoms with van der Waals surface area (Å²) in [6.07, 6.45) is 0. The van der Waals surface area contributed by atoms with Crippen molar-refractivity contribution >= 4 is 0 Å². The largest absolute Gasteiger partial charge is 0.508 e. The first-order valence-electron chi connectivity index (χ1n) is 4.54. The third-order valence-corrected chi connectivity index (χ3v) is 2.17. The van der Waals surface area contributed by atoms with Crippen LogP contribution < -0.4 is 0 Å². The van der Waals surface area contributed by atoms with Crippen LogP contribution in [0, 0.1) is 6.07 Å². The van der Waals surface area contributed by atoms with Gasteiger partial charge in [0.05, 0.1) is 11.6 Å². The van der Waals surface area contributed by atoms with Crippen molar-refractivity contribution in [3.8, 4) is 34.1 Å². The first-order chi connectivity index (χ1) is 7.58. The molecule has 4 nitrogen and oxygen atoms in total. The van der Waals surface area contributed by atoms with Crippen LogP contribution in [0.3, 0.4) is 0 Å². The molecule has 0 saturated heterocycles. The lowest BCUT2D eigenvalue weighted by Gasteiger charge is -2.07. The zero-order valence-corrected chi connectivity index (χ0v) is 8.18. The highest BCUT2D eigenvalue weighted by molar-refractivity contribution is 5.77. The van der Waals surface area contributed by atoms with Gasteiger partial charge in [0.15, 0.2) is 0 Å². The van der Waals surface area contributed by atoms with Gasteiger partial charge in [-0.3, -0.25) is 0 Å². The molecule has 0 fully saturated rings. The summed E-state index contributed by atoms with van der Waals surface area (Å²) >= 11 is 0. The highest BCUT2D eigenvalue weighted by Gasteiger charge is 2.12. The molecule has 0 bridgehead atoms. The molecule has 2 aromatic rings. The van der Waals surface area contributed by atoms with Crippen molar-refractivity contribution in [2.75, 3.05) is 0 Å². The Balaban J connectivity index is 2.60. The first-order valence-corrected chi connectivity index (χ1v) is 4.54. The first kappa shape index (κ1) is 10.2. The number of phenols is 4. The SMILES string of the molecule is Oc1[c]c(O)c(-c2ccc(O)cc2)c(O)c1. The third kappa shape index (κ3) is 1.72. The van der Waals surface area contributed by atoms with Crippen LogP contribution in [0.15, 0.2) is 30.3 Å². The molecule has 0 saturated carbocycles. The van der Waals surface area contributed by atoms with Crippen LogP contribution >= 0.6 is 0 Å². The van der Waals surface area contributed by atoms with Crippen LogP contribution in [-0.2, 0) is 0 Å². The fourth-order valence-corrected chi connectivity index (χ4v) is 1.46. The van der Waals surface area contributed by atoms with Crippen molar-refractivity contribution < 1.29 is 20.4 Å². The summed E-state index contributed by atoms with van der Waals surface area (Å²) in [5, 5.41) is 37.4. The Kier molecular flexibility index (Phi) is 2.32. The zero-order valence-electron chi connectivity index (χ0n) is 8.18. The summed E-state index contributed by atoms with van der Waals surface area (Å²) < 4.78 is 0. The van der Waals surface area contributed by atoms with Gasteiger partial charge in [-0.1, -0.05) is 12.1 Å². The highest BCUT2D eigenvalue weighted by atomic mass is 16.3. The van der Waals surface area contributed by atoms with E-state index in [0.29, 0.717) is 5.56 Å². The molecule has 0 aromatic heterocycles. The van der Waals surface area contributed by atoms with Gasteiger partial charge in [-0.15, -0.1) is 0 Å². The van der Waals surface area contributed by atoms with E-state index in [-0.39, 0.29) is 28.6 Å².